The Morgan fingerprint density at radius 2 is 1.83 bits per heavy atom. The van der Waals surface area contributed by atoms with Crippen LogP contribution >= 0.6 is 11.6 Å². The van der Waals surface area contributed by atoms with Gasteiger partial charge >= 0.3 is 0 Å². The molecule has 0 saturated carbocycles. The van der Waals surface area contributed by atoms with Crippen LogP contribution in [0.25, 0.3) is 0 Å². The third-order valence-electron chi connectivity index (χ3n) is 5.80. The van der Waals surface area contributed by atoms with Crippen molar-refractivity contribution in [2.24, 2.45) is 11.7 Å². The van der Waals surface area contributed by atoms with Gasteiger partial charge in [0.05, 0.1) is 23.2 Å². The summed E-state index contributed by atoms with van der Waals surface area (Å²) in [5, 5.41) is 0.371. The zero-order valence-corrected chi connectivity index (χ0v) is 17.0. The van der Waals surface area contributed by atoms with Gasteiger partial charge in [0.25, 0.3) is 0 Å². The highest BCUT2D eigenvalue weighted by Gasteiger charge is 2.61. The molecule has 2 aromatic carbocycles. The fourth-order valence-electron chi connectivity index (χ4n) is 4.50. The largest absolute Gasteiger partial charge is 0.490 e. The van der Waals surface area contributed by atoms with Gasteiger partial charge in [-0.2, -0.15) is 0 Å². The number of halogens is 3. The van der Waals surface area contributed by atoms with Crippen LogP contribution in [-0.2, 0) is 19.3 Å². The molecule has 2 aromatic rings. The SMILES string of the molecule is NCC[C@@H]1OCC[C@@]2(S(=O)(=O)c3ccc(Cl)cc3)c3c(F)ccc(F)c3OC[C@@H]12. The second kappa shape index (κ2) is 7.50. The number of hydrogen-bond acceptors (Lipinski definition) is 5. The molecule has 1 fully saturated rings. The van der Waals surface area contributed by atoms with Gasteiger partial charge in [-0.25, -0.2) is 17.2 Å². The van der Waals surface area contributed by atoms with Crippen LogP contribution in [0.3, 0.4) is 0 Å². The molecule has 0 spiro atoms. The summed E-state index contributed by atoms with van der Waals surface area (Å²) in [5.41, 5.74) is 5.42. The highest BCUT2D eigenvalue weighted by molar-refractivity contribution is 7.92. The van der Waals surface area contributed by atoms with Crippen LogP contribution in [0.1, 0.15) is 18.4 Å². The number of sulfone groups is 1. The van der Waals surface area contributed by atoms with Gasteiger partial charge in [0.15, 0.2) is 21.4 Å². The lowest BCUT2D eigenvalue weighted by Gasteiger charge is -2.50. The minimum Gasteiger partial charge on any atom is -0.490 e. The molecule has 2 heterocycles. The Kier molecular flexibility index (Phi) is 5.31. The molecule has 9 heteroatoms. The molecule has 29 heavy (non-hydrogen) atoms. The number of fused-ring (bicyclic) bond motifs is 3. The molecule has 156 valence electrons. The summed E-state index contributed by atoms with van der Waals surface area (Å²) >= 11 is 5.92. The molecular weight excluding hydrogens is 424 g/mol. The third-order valence-corrected chi connectivity index (χ3v) is 8.61. The van der Waals surface area contributed by atoms with Crippen molar-refractivity contribution in [3.05, 3.63) is 58.6 Å². The maximum absolute atomic E-state index is 15.1. The number of benzene rings is 2. The van der Waals surface area contributed by atoms with Crippen LogP contribution in [0.4, 0.5) is 8.78 Å². The van der Waals surface area contributed by atoms with Gasteiger partial charge in [-0.15, -0.1) is 0 Å². The van der Waals surface area contributed by atoms with Crippen molar-refractivity contribution in [1.82, 2.24) is 0 Å². The van der Waals surface area contributed by atoms with Crippen LogP contribution in [0, 0.1) is 17.6 Å². The second-order valence-corrected chi connectivity index (χ2v) is 9.88. The Balaban J connectivity index is 2.01. The summed E-state index contributed by atoms with van der Waals surface area (Å²) in [7, 11) is -4.17. The minimum atomic E-state index is -4.17. The first kappa shape index (κ1) is 20.5. The molecule has 2 aliphatic rings. The van der Waals surface area contributed by atoms with Crippen molar-refractivity contribution < 1.29 is 26.7 Å². The molecular formula is C20H20ClF2NO4S. The van der Waals surface area contributed by atoms with Crippen molar-refractivity contribution in [3.63, 3.8) is 0 Å². The van der Waals surface area contributed by atoms with Crippen LogP contribution in [0.2, 0.25) is 5.02 Å². The number of ether oxygens (including phenoxy) is 2. The first-order chi connectivity index (χ1) is 13.8. The van der Waals surface area contributed by atoms with E-state index < -0.39 is 38.2 Å². The first-order valence-corrected chi connectivity index (χ1v) is 11.1. The van der Waals surface area contributed by atoms with Crippen molar-refractivity contribution in [2.45, 2.75) is 28.6 Å². The normalized spacial score (nSPS) is 26.3. The Bertz CT molecular complexity index is 1030. The van der Waals surface area contributed by atoms with E-state index in [1.165, 1.54) is 24.3 Å². The van der Waals surface area contributed by atoms with Gasteiger partial charge in [-0.1, -0.05) is 11.6 Å². The van der Waals surface area contributed by atoms with Crippen molar-refractivity contribution in [2.75, 3.05) is 19.8 Å². The molecule has 0 aromatic heterocycles. The molecule has 0 unspecified atom stereocenters. The van der Waals surface area contributed by atoms with E-state index in [1.807, 2.05) is 0 Å². The van der Waals surface area contributed by atoms with Crippen molar-refractivity contribution in [1.29, 1.82) is 0 Å². The Hall–Kier alpha value is -1.74. The van der Waals surface area contributed by atoms with Gasteiger partial charge in [0.1, 0.15) is 10.6 Å². The van der Waals surface area contributed by atoms with E-state index in [9.17, 15) is 12.8 Å². The number of nitrogens with two attached hydrogens (primary N) is 1. The minimum absolute atomic E-state index is 0.0168. The van der Waals surface area contributed by atoms with Gasteiger partial charge in [-0.05, 0) is 55.8 Å². The van der Waals surface area contributed by atoms with E-state index in [2.05, 4.69) is 0 Å². The lowest BCUT2D eigenvalue weighted by Crippen LogP contribution is -2.57. The van der Waals surface area contributed by atoms with E-state index in [1.54, 1.807) is 0 Å². The van der Waals surface area contributed by atoms with Crippen molar-refractivity contribution in [3.8, 4) is 5.75 Å². The van der Waals surface area contributed by atoms with E-state index in [0.717, 1.165) is 12.1 Å². The zero-order chi connectivity index (χ0) is 20.8. The summed E-state index contributed by atoms with van der Waals surface area (Å²) in [6.07, 6.45) is -0.217. The van der Waals surface area contributed by atoms with Crippen molar-refractivity contribution >= 4 is 21.4 Å². The topological polar surface area (TPSA) is 78.6 Å². The Labute approximate surface area is 172 Å². The van der Waals surface area contributed by atoms with Gasteiger partial charge in [0.2, 0.25) is 0 Å². The van der Waals surface area contributed by atoms with Crippen LogP contribution in [-0.4, -0.2) is 34.3 Å². The van der Waals surface area contributed by atoms with Crippen LogP contribution < -0.4 is 10.5 Å². The summed E-state index contributed by atoms with van der Waals surface area (Å²) in [4.78, 5) is -0.0168. The molecule has 3 atom stereocenters. The average Bonchev–Trinajstić information content (AvgIpc) is 2.71. The quantitative estimate of drug-likeness (QED) is 0.783. The summed E-state index contributed by atoms with van der Waals surface area (Å²) in [6.45, 7) is 0.213. The monoisotopic (exact) mass is 443 g/mol. The number of rotatable bonds is 4. The van der Waals surface area contributed by atoms with E-state index in [4.69, 9.17) is 26.8 Å². The van der Waals surface area contributed by atoms with E-state index in [0.29, 0.717) is 11.4 Å². The van der Waals surface area contributed by atoms with E-state index >= 15 is 4.39 Å². The zero-order valence-electron chi connectivity index (χ0n) is 15.4. The molecule has 0 aliphatic carbocycles. The van der Waals surface area contributed by atoms with Crippen LogP contribution in [0.15, 0.2) is 41.3 Å². The Morgan fingerprint density at radius 3 is 2.52 bits per heavy atom. The third kappa shape index (κ3) is 3.04. The molecule has 5 nitrogen and oxygen atoms in total. The molecule has 0 bridgehead atoms. The fourth-order valence-corrected chi connectivity index (χ4v) is 6.97. The molecule has 2 N–H and O–H groups in total. The maximum atomic E-state index is 15.1. The smallest absolute Gasteiger partial charge is 0.189 e. The van der Waals surface area contributed by atoms with Gasteiger partial charge < -0.3 is 15.2 Å². The summed E-state index contributed by atoms with van der Waals surface area (Å²) in [6, 6.07) is 7.55. The molecule has 1 saturated heterocycles. The number of hydrogen-bond donors (Lipinski definition) is 1. The molecule has 4 rings (SSSR count). The molecule has 0 radical (unpaired) electrons. The fraction of sp³-hybridized carbons (Fsp3) is 0.400. The average molecular weight is 444 g/mol. The van der Waals surface area contributed by atoms with E-state index in [-0.39, 0.29) is 42.4 Å². The predicted octanol–water partition coefficient (Wildman–Crippen LogP) is 3.43. The maximum Gasteiger partial charge on any atom is 0.189 e. The standard InChI is InChI=1S/C20H20ClF2NO4S/c21-12-1-3-13(4-2-12)29(25,26)20-8-10-27-17(7-9-24)14(20)11-28-19-16(23)6-5-15(22)18(19)20/h1-6,14,17H,7-11,24H2/t14-,17-,20-/m0/s1. The second-order valence-electron chi connectivity index (χ2n) is 7.23. The highest BCUT2D eigenvalue weighted by atomic mass is 35.5. The predicted molar refractivity (Wildman–Crippen MR) is 104 cm³/mol. The Morgan fingerprint density at radius 1 is 1.14 bits per heavy atom. The van der Waals surface area contributed by atoms with Crippen LogP contribution in [0.5, 0.6) is 5.75 Å². The molecule has 0 amide bonds. The first-order valence-electron chi connectivity index (χ1n) is 9.26. The lowest BCUT2D eigenvalue weighted by atomic mass is 9.75. The summed E-state index contributed by atoms with van der Waals surface area (Å²) in [5.74, 6) is -2.72. The summed E-state index contributed by atoms with van der Waals surface area (Å²) < 4.78 is 67.1. The molecule has 2 aliphatic heterocycles. The highest BCUT2D eigenvalue weighted by Crippen LogP contribution is 2.55. The van der Waals surface area contributed by atoms with Gasteiger partial charge in [-0.3, -0.25) is 0 Å². The van der Waals surface area contributed by atoms with Gasteiger partial charge in [0, 0.05) is 17.5 Å². The lowest BCUT2D eigenvalue weighted by molar-refractivity contribution is -0.0745.